The first-order chi connectivity index (χ1) is 9.81. The van der Waals surface area contributed by atoms with E-state index in [0.717, 1.165) is 5.56 Å². The molecule has 21 heavy (non-hydrogen) atoms. The summed E-state index contributed by atoms with van der Waals surface area (Å²) in [6, 6.07) is 5.09. The van der Waals surface area contributed by atoms with Gasteiger partial charge in [-0.3, -0.25) is 20.2 Å². The normalized spacial score (nSPS) is 13.6. The second-order valence-corrected chi connectivity index (χ2v) is 5.31. The summed E-state index contributed by atoms with van der Waals surface area (Å²) >= 11 is 0. The first kappa shape index (κ1) is 16.9. The van der Waals surface area contributed by atoms with Crippen molar-refractivity contribution in [1.82, 2.24) is 0 Å². The molecule has 0 aliphatic heterocycles. The second kappa shape index (κ2) is 7.56. The molecule has 7 heteroatoms. The predicted octanol–water partition coefficient (Wildman–Crippen LogP) is 2.93. The van der Waals surface area contributed by atoms with E-state index in [9.17, 15) is 25.3 Å². The quantitative estimate of drug-likeness (QED) is 0.586. The average molecular weight is 296 g/mol. The number of hydrogen-bond acceptors (Lipinski definition) is 5. The van der Waals surface area contributed by atoms with Crippen molar-refractivity contribution in [3.8, 4) is 5.75 Å². The molecule has 1 rings (SSSR count). The maximum absolute atomic E-state index is 10.4. The predicted molar refractivity (Wildman–Crippen MR) is 77.9 cm³/mol. The number of nitro groups is 2. The molecule has 0 aliphatic rings. The molecule has 1 aromatic rings. The molecule has 0 heterocycles. The van der Waals surface area contributed by atoms with Crippen molar-refractivity contribution in [2.24, 2.45) is 0 Å². The Hall–Kier alpha value is -2.18. The Morgan fingerprint density at radius 3 is 2.10 bits per heavy atom. The first-order valence-corrected chi connectivity index (χ1v) is 6.87. The van der Waals surface area contributed by atoms with Crippen LogP contribution in [0.1, 0.15) is 49.7 Å². The molecule has 0 amide bonds. The Kier molecular flexibility index (Phi) is 6.08. The minimum absolute atomic E-state index is 0.00235. The van der Waals surface area contributed by atoms with E-state index in [0.29, 0.717) is 18.4 Å². The summed E-state index contributed by atoms with van der Waals surface area (Å²) < 4.78 is 0. The van der Waals surface area contributed by atoms with E-state index >= 15 is 0 Å². The maximum Gasteiger partial charge on any atom is 0.204 e. The largest absolute Gasteiger partial charge is 0.508 e. The second-order valence-electron chi connectivity index (χ2n) is 5.31. The molecule has 2 unspecified atom stereocenters. The van der Waals surface area contributed by atoms with Gasteiger partial charge >= 0.3 is 0 Å². The lowest BCUT2D eigenvalue weighted by Crippen LogP contribution is -2.08. The van der Waals surface area contributed by atoms with Crippen LogP contribution in [0.5, 0.6) is 5.75 Å². The number of phenols is 1. The number of rotatable bonds is 8. The highest BCUT2D eigenvalue weighted by atomic mass is 16.6. The van der Waals surface area contributed by atoms with Crippen LogP contribution in [0.15, 0.2) is 18.2 Å². The molecular formula is C14H20N2O5. The molecule has 0 radical (unpaired) electrons. The van der Waals surface area contributed by atoms with Gasteiger partial charge in [0.1, 0.15) is 5.75 Å². The Bertz CT molecular complexity index is 518. The van der Waals surface area contributed by atoms with Gasteiger partial charge in [-0.2, -0.15) is 0 Å². The van der Waals surface area contributed by atoms with Gasteiger partial charge in [-0.1, -0.05) is 26.0 Å². The molecule has 0 saturated carbocycles. The summed E-state index contributed by atoms with van der Waals surface area (Å²) in [6.45, 7) is 3.46. The smallest absolute Gasteiger partial charge is 0.204 e. The zero-order valence-corrected chi connectivity index (χ0v) is 12.2. The molecule has 1 N–H and O–H groups in total. The van der Waals surface area contributed by atoms with Gasteiger partial charge in [0.2, 0.25) is 13.1 Å². The fraction of sp³-hybridized carbons (Fsp3) is 0.571. The molecule has 1 aromatic carbocycles. The van der Waals surface area contributed by atoms with E-state index in [-0.39, 0.29) is 40.5 Å². The Morgan fingerprint density at radius 1 is 1.05 bits per heavy atom. The van der Waals surface area contributed by atoms with Gasteiger partial charge in [-0.15, -0.1) is 0 Å². The number of phenolic OH excluding ortho intramolecular Hbond substituents is 1. The van der Waals surface area contributed by atoms with E-state index < -0.39 is 0 Å². The maximum atomic E-state index is 10.4. The van der Waals surface area contributed by atoms with E-state index in [1.807, 2.05) is 13.8 Å². The molecule has 0 aromatic heterocycles. The third-order valence-corrected chi connectivity index (χ3v) is 3.64. The van der Waals surface area contributed by atoms with Gasteiger partial charge in [-0.05, 0) is 29.0 Å². The van der Waals surface area contributed by atoms with Crippen molar-refractivity contribution in [2.45, 2.75) is 38.5 Å². The number of aromatic hydroxyl groups is 1. The van der Waals surface area contributed by atoms with Crippen molar-refractivity contribution in [3.05, 3.63) is 49.6 Å². The van der Waals surface area contributed by atoms with Gasteiger partial charge in [-0.25, -0.2) is 0 Å². The molecule has 0 aliphatic carbocycles. The summed E-state index contributed by atoms with van der Waals surface area (Å²) in [6.07, 6.45) is 0.758. The fourth-order valence-corrected chi connectivity index (χ4v) is 2.19. The van der Waals surface area contributed by atoms with Crippen molar-refractivity contribution in [3.63, 3.8) is 0 Å². The molecule has 0 bridgehead atoms. The summed E-state index contributed by atoms with van der Waals surface area (Å²) in [5.74, 6) is -0.0356. The van der Waals surface area contributed by atoms with Gasteiger partial charge < -0.3 is 5.11 Å². The molecule has 0 spiro atoms. The van der Waals surface area contributed by atoms with Crippen molar-refractivity contribution >= 4 is 0 Å². The van der Waals surface area contributed by atoms with Crippen LogP contribution in [0.25, 0.3) is 0 Å². The summed E-state index contributed by atoms with van der Waals surface area (Å²) in [5, 5.41) is 30.7. The summed E-state index contributed by atoms with van der Waals surface area (Å²) in [4.78, 5) is 20.1. The molecule has 0 saturated heterocycles. The topological polar surface area (TPSA) is 107 Å². The van der Waals surface area contributed by atoms with Crippen molar-refractivity contribution < 1.29 is 15.0 Å². The number of nitrogens with zero attached hydrogens (tertiary/aromatic N) is 2. The van der Waals surface area contributed by atoms with Gasteiger partial charge in [0.15, 0.2) is 0 Å². The monoisotopic (exact) mass is 296 g/mol. The number of hydrogen-bond donors (Lipinski definition) is 1. The van der Waals surface area contributed by atoms with Crippen LogP contribution in [0, 0.1) is 20.2 Å². The van der Waals surface area contributed by atoms with E-state index in [1.54, 1.807) is 18.2 Å². The van der Waals surface area contributed by atoms with Crippen molar-refractivity contribution in [1.29, 1.82) is 0 Å². The SMILES string of the molecule is CC(CC[N+](=O)[O-])c1ccc(O)c(C(C)CC[N+](=O)[O-])c1. The lowest BCUT2D eigenvalue weighted by molar-refractivity contribution is -0.480. The van der Waals surface area contributed by atoms with Crippen LogP contribution in [0.4, 0.5) is 0 Å². The van der Waals surface area contributed by atoms with Crippen LogP contribution < -0.4 is 0 Å². The minimum atomic E-state index is -0.378. The highest BCUT2D eigenvalue weighted by Gasteiger charge is 2.16. The van der Waals surface area contributed by atoms with Crippen molar-refractivity contribution in [2.75, 3.05) is 13.1 Å². The number of benzene rings is 1. The summed E-state index contributed by atoms with van der Waals surface area (Å²) in [5.41, 5.74) is 1.56. The molecule has 0 fully saturated rings. The van der Waals surface area contributed by atoms with E-state index in [1.165, 1.54) is 0 Å². The lowest BCUT2D eigenvalue weighted by atomic mass is 9.90. The van der Waals surface area contributed by atoms with Gasteiger partial charge in [0.25, 0.3) is 0 Å². The molecular weight excluding hydrogens is 276 g/mol. The molecule has 116 valence electrons. The fourth-order valence-electron chi connectivity index (χ4n) is 2.19. The first-order valence-electron chi connectivity index (χ1n) is 6.87. The zero-order chi connectivity index (χ0) is 16.0. The third kappa shape index (κ3) is 5.37. The van der Waals surface area contributed by atoms with Crippen LogP contribution in [-0.4, -0.2) is 28.0 Å². The highest BCUT2D eigenvalue weighted by Crippen LogP contribution is 2.31. The highest BCUT2D eigenvalue weighted by molar-refractivity contribution is 5.39. The average Bonchev–Trinajstić information content (AvgIpc) is 2.42. The minimum Gasteiger partial charge on any atom is -0.508 e. The van der Waals surface area contributed by atoms with Crippen LogP contribution in [0.3, 0.4) is 0 Å². The van der Waals surface area contributed by atoms with Crippen LogP contribution in [0.2, 0.25) is 0 Å². The Labute approximate surface area is 122 Å². The van der Waals surface area contributed by atoms with E-state index in [2.05, 4.69) is 0 Å². The molecule has 7 nitrogen and oxygen atoms in total. The lowest BCUT2D eigenvalue weighted by Gasteiger charge is -2.16. The Morgan fingerprint density at radius 2 is 1.57 bits per heavy atom. The van der Waals surface area contributed by atoms with E-state index in [4.69, 9.17) is 0 Å². The Balaban J connectivity index is 2.83. The standard InChI is InChI=1S/C14H20N2O5/c1-10(5-7-15(18)19)12-3-4-14(17)13(9-12)11(2)6-8-16(20)21/h3-4,9-11,17H,5-8H2,1-2H3. The van der Waals surface area contributed by atoms with Crippen LogP contribution in [-0.2, 0) is 0 Å². The van der Waals surface area contributed by atoms with Gasteiger partial charge in [0.05, 0.1) is 0 Å². The zero-order valence-electron chi connectivity index (χ0n) is 12.2. The summed E-state index contributed by atoms with van der Waals surface area (Å²) in [7, 11) is 0. The van der Waals surface area contributed by atoms with Crippen LogP contribution >= 0.6 is 0 Å². The third-order valence-electron chi connectivity index (χ3n) is 3.64. The van der Waals surface area contributed by atoms with Gasteiger partial charge in [0, 0.05) is 22.7 Å². The molecule has 2 atom stereocenters.